The van der Waals surface area contributed by atoms with Crippen LogP contribution >= 0.6 is 0 Å². The molecule has 1 aromatic rings. The molecule has 3 heterocycles. The van der Waals surface area contributed by atoms with Gasteiger partial charge >= 0.3 is 0 Å². The van der Waals surface area contributed by atoms with Gasteiger partial charge in [0.15, 0.2) is 0 Å². The molecule has 0 saturated carbocycles. The van der Waals surface area contributed by atoms with Crippen LogP contribution in [0.15, 0.2) is 18.3 Å². The Bertz CT molecular complexity index is 462. The van der Waals surface area contributed by atoms with Gasteiger partial charge in [0.1, 0.15) is 5.69 Å². The number of imide groups is 1. The fourth-order valence-corrected chi connectivity index (χ4v) is 2.24. The first-order chi connectivity index (χ1) is 8.77. The topological polar surface area (TPSA) is 71.5 Å². The molecule has 3 rings (SSSR count). The van der Waals surface area contributed by atoms with E-state index in [0.29, 0.717) is 25.3 Å². The summed E-state index contributed by atoms with van der Waals surface area (Å²) in [6.45, 7) is 2.25. The zero-order valence-corrected chi connectivity index (χ0v) is 9.76. The Morgan fingerprint density at radius 2 is 2.33 bits per heavy atom. The van der Waals surface area contributed by atoms with Crippen LogP contribution in [0, 0.1) is 0 Å². The van der Waals surface area contributed by atoms with Gasteiger partial charge in [-0.2, -0.15) is 0 Å². The Labute approximate surface area is 104 Å². The van der Waals surface area contributed by atoms with Crippen LogP contribution in [-0.2, 0) is 4.74 Å². The van der Waals surface area contributed by atoms with Crippen molar-refractivity contribution in [2.24, 2.45) is 0 Å². The third-order valence-electron chi connectivity index (χ3n) is 3.13. The van der Waals surface area contributed by atoms with Gasteiger partial charge in [0.05, 0.1) is 18.8 Å². The summed E-state index contributed by atoms with van der Waals surface area (Å²) in [6.07, 6.45) is 1.52. The fraction of sp³-hybridized carbons (Fsp3) is 0.417. The molecule has 94 valence electrons. The SMILES string of the molecule is O=C1c2cccnc2C(=O)N1CC1COCCN1. The van der Waals surface area contributed by atoms with E-state index in [0.717, 1.165) is 6.54 Å². The number of ether oxygens (including phenoxy) is 1. The van der Waals surface area contributed by atoms with Crippen LogP contribution in [0.25, 0.3) is 0 Å². The van der Waals surface area contributed by atoms with E-state index in [2.05, 4.69) is 10.3 Å². The molecule has 1 unspecified atom stereocenters. The maximum Gasteiger partial charge on any atom is 0.280 e. The first-order valence-electron chi connectivity index (χ1n) is 5.89. The molecule has 0 spiro atoms. The third kappa shape index (κ3) is 1.79. The summed E-state index contributed by atoms with van der Waals surface area (Å²) < 4.78 is 5.31. The monoisotopic (exact) mass is 247 g/mol. The highest BCUT2D eigenvalue weighted by Crippen LogP contribution is 2.20. The predicted molar refractivity (Wildman–Crippen MR) is 62.2 cm³/mol. The van der Waals surface area contributed by atoms with Gasteiger partial charge in [0.25, 0.3) is 11.8 Å². The molecule has 18 heavy (non-hydrogen) atoms. The fourth-order valence-electron chi connectivity index (χ4n) is 2.24. The van der Waals surface area contributed by atoms with E-state index in [1.54, 1.807) is 12.1 Å². The first kappa shape index (κ1) is 11.3. The molecule has 0 aromatic carbocycles. The van der Waals surface area contributed by atoms with Gasteiger partial charge < -0.3 is 10.1 Å². The average Bonchev–Trinajstić information content (AvgIpc) is 2.66. The molecule has 2 aliphatic heterocycles. The van der Waals surface area contributed by atoms with Crippen LogP contribution in [0.3, 0.4) is 0 Å². The van der Waals surface area contributed by atoms with Crippen molar-refractivity contribution in [2.75, 3.05) is 26.3 Å². The molecule has 6 heteroatoms. The van der Waals surface area contributed by atoms with Crippen molar-refractivity contribution in [1.29, 1.82) is 0 Å². The van der Waals surface area contributed by atoms with Crippen LogP contribution in [0.4, 0.5) is 0 Å². The van der Waals surface area contributed by atoms with Gasteiger partial charge in [-0.25, -0.2) is 0 Å². The van der Waals surface area contributed by atoms with Crippen molar-refractivity contribution < 1.29 is 14.3 Å². The number of hydrogen-bond acceptors (Lipinski definition) is 5. The highest BCUT2D eigenvalue weighted by molar-refractivity contribution is 6.20. The van der Waals surface area contributed by atoms with Crippen LogP contribution in [-0.4, -0.2) is 54.0 Å². The standard InChI is InChI=1S/C12H13N3O3/c16-11-9-2-1-3-14-10(9)12(17)15(11)6-8-7-18-5-4-13-8/h1-3,8,13H,4-7H2. The van der Waals surface area contributed by atoms with Crippen molar-refractivity contribution >= 4 is 11.8 Å². The lowest BCUT2D eigenvalue weighted by Gasteiger charge is -2.26. The quantitative estimate of drug-likeness (QED) is 0.724. The highest BCUT2D eigenvalue weighted by atomic mass is 16.5. The van der Waals surface area contributed by atoms with Crippen molar-refractivity contribution in [3.05, 3.63) is 29.6 Å². The van der Waals surface area contributed by atoms with Crippen LogP contribution in [0.1, 0.15) is 20.8 Å². The number of pyridine rings is 1. The molecule has 2 amide bonds. The Hall–Kier alpha value is -1.79. The molecule has 1 aromatic heterocycles. The number of fused-ring (bicyclic) bond motifs is 1. The molecule has 0 radical (unpaired) electrons. The van der Waals surface area contributed by atoms with E-state index < -0.39 is 0 Å². The molecular weight excluding hydrogens is 234 g/mol. The van der Waals surface area contributed by atoms with Crippen molar-refractivity contribution in [1.82, 2.24) is 15.2 Å². The number of carbonyl (C=O) groups excluding carboxylic acids is 2. The summed E-state index contributed by atoms with van der Waals surface area (Å²) in [5, 5.41) is 3.22. The highest BCUT2D eigenvalue weighted by Gasteiger charge is 2.37. The minimum atomic E-state index is -0.317. The first-order valence-corrected chi connectivity index (χ1v) is 5.89. The lowest BCUT2D eigenvalue weighted by molar-refractivity contribution is 0.0484. The van der Waals surface area contributed by atoms with Gasteiger partial charge in [0.2, 0.25) is 0 Å². The second-order valence-corrected chi connectivity index (χ2v) is 4.35. The van der Waals surface area contributed by atoms with Gasteiger partial charge in [-0.05, 0) is 12.1 Å². The lowest BCUT2D eigenvalue weighted by Crippen LogP contribution is -2.49. The van der Waals surface area contributed by atoms with Gasteiger partial charge in [-0.3, -0.25) is 19.5 Å². The van der Waals surface area contributed by atoms with Gasteiger partial charge in [-0.1, -0.05) is 0 Å². The molecule has 1 fully saturated rings. The van der Waals surface area contributed by atoms with Crippen LogP contribution in [0.5, 0.6) is 0 Å². The molecule has 6 nitrogen and oxygen atoms in total. The zero-order valence-electron chi connectivity index (χ0n) is 9.76. The summed E-state index contributed by atoms with van der Waals surface area (Å²) >= 11 is 0. The number of carbonyl (C=O) groups is 2. The number of nitrogens with one attached hydrogen (secondary N) is 1. The summed E-state index contributed by atoms with van der Waals surface area (Å²) in [6, 6.07) is 3.30. The number of rotatable bonds is 2. The second-order valence-electron chi connectivity index (χ2n) is 4.35. The number of morpholine rings is 1. The molecule has 2 aliphatic rings. The molecule has 1 saturated heterocycles. The van der Waals surface area contributed by atoms with Crippen LogP contribution < -0.4 is 5.32 Å². The largest absolute Gasteiger partial charge is 0.378 e. The average molecular weight is 247 g/mol. The number of amides is 2. The smallest absolute Gasteiger partial charge is 0.280 e. The number of hydrogen-bond donors (Lipinski definition) is 1. The van der Waals surface area contributed by atoms with E-state index in [-0.39, 0.29) is 23.6 Å². The normalized spacial score (nSPS) is 23.3. The van der Waals surface area contributed by atoms with E-state index >= 15 is 0 Å². The molecule has 0 aliphatic carbocycles. The van der Waals surface area contributed by atoms with Crippen LogP contribution in [0.2, 0.25) is 0 Å². The van der Waals surface area contributed by atoms with Gasteiger partial charge in [-0.15, -0.1) is 0 Å². The van der Waals surface area contributed by atoms with Crippen molar-refractivity contribution in [3.8, 4) is 0 Å². The zero-order chi connectivity index (χ0) is 12.5. The molecule has 1 atom stereocenters. The van der Waals surface area contributed by atoms with E-state index in [9.17, 15) is 9.59 Å². The Kier molecular flexibility index (Phi) is 2.81. The molecule has 1 N–H and O–H groups in total. The maximum absolute atomic E-state index is 12.1. The summed E-state index contributed by atoms with van der Waals surface area (Å²) in [5.41, 5.74) is 0.637. The Balaban J connectivity index is 1.79. The Morgan fingerprint density at radius 3 is 3.06 bits per heavy atom. The maximum atomic E-state index is 12.1. The van der Waals surface area contributed by atoms with E-state index in [1.165, 1.54) is 11.1 Å². The summed E-state index contributed by atoms with van der Waals surface area (Å²) in [4.78, 5) is 29.3. The Morgan fingerprint density at radius 1 is 1.44 bits per heavy atom. The molecular formula is C12H13N3O3. The van der Waals surface area contributed by atoms with Crippen molar-refractivity contribution in [2.45, 2.75) is 6.04 Å². The summed E-state index contributed by atoms with van der Waals surface area (Å²) in [7, 11) is 0. The lowest BCUT2D eigenvalue weighted by atomic mass is 10.2. The predicted octanol–water partition coefficient (Wildman–Crippen LogP) is -0.334. The number of aromatic nitrogens is 1. The van der Waals surface area contributed by atoms with Crippen molar-refractivity contribution in [3.63, 3.8) is 0 Å². The molecule has 0 bridgehead atoms. The second kappa shape index (κ2) is 4.47. The van der Waals surface area contributed by atoms with E-state index in [4.69, 9.17) is 4.74 Å². The van der Waals surface area contributed by atoms with E-state index in [1.807, 2.05) is 0 Å². The third-order valence-corrected chi connectivity index (χ3v) is 3.13. The summed E-state index contributed by atoms with van der Waals surface area (Å²) in [5.74, 6) is -0.585. The minimum Gasteiger partial charge on any atom is -0.378 e. The van der Waals surface area contributed by atoms with Gasteiger partial charge in [0, 0.05) is 25.3 Å². The minimum absolute atomic E-state index is 0.000891. The number of nitrogens with zero attached hydrogens (tertiary/aromatic N) is 2.